The summed E-state index contributed by atoms with van der Waals surface area (Å²) in [6.07, 6.45) is -0.278. The van der Waals surface area contributed by atoms with Crippen molar-refractivity contribution in [3.8, 4) is 0 Å². The maximum Gasteiger partial charge on any atom is 0.334 e. The lowest BCUT2D eigenvalue weighted by Crippen LogP contribution is -2.48. The van der Waals surface area contributed by atoms with Crippen molar-refractivity contribution in [1.82, 2.24) is 9.88 Å². The number of aryl methyl sites for hydroxylation is 1. The molecule has 1 amide bonds. The van der Waals surface area contributed by atoms with Crippen LogP contribution in [0.25, 0.3) is 0 Å². The Kier molecular flexibility index (Phi) is 4.92. The number of amides is 1. The first kappa shape index (κ1) is 16.6. The Morgan fingerprint density at radius 1 is 1.38 bits per heavy atom. The van der Waals surface area contributed by atoms with E-state index >= 15 is 0 Å². The van der Waals surface area contributed by atoms with E-state index in [4.69, 9.17) is 9.84 Å². The SMILES string of the molecule is Cc1nc(Cc2ccccc2)sc1C(=O)N1CCOC(C(=O)O)C1. The van der Waals surface area contributed by atoms with E-state index in [2.05, 4.69) is 4.98 Å². The van der Waals surface area contributed by atoms with Gasteiger partial charge < -0.3 is 14.7 Å². The molecule has 2 heterocycles. The Bertz CT molecular complexity index is 744. The Morgan fingerprint density at radius 3 is 2.83 bits per heavy atom. The van der Waals surface area contributed by atoms with E-state index in [0.29, 0.717) is 23.5 Å². The van der Waals surface area contributed by atoms with Crippen molar-refractivity contribution in [1.29, 1.82) is 0 Å². The number of carbonyl (C=O) groups is 2. The summed E-state index contributed by atoms with van der Waals surface area (Å²) in [6.45, 7) is 2.51. The maximum atomic E-state index is 12.7. The standard InChI is InChI=1S/C17H18N2O4S/c1-11-15(16(20)19-7-8-23-13(10-19)17(21)22)24-14(18-11)9-12-5-3-2-4-6-12/h2-6,13H,7-10H2,1H3,(H,21,22). The molecule has 0 aliphatic carbocycles. The van der Waals surface area contributed by atoms with Gasteiger partial charge in [-0.1, -0.05) is 30.3 Å². The molecule has 7 heteroatoms. The van der Waals surface area contributed by atoms with Gasteiger partial charge in [-0.15, -0.1) is 11.3 Å². The fourth-order valence-corrected chi connectivity index (χ4v) is 3.69. The number of benzene rings is 1. The summed E-state index contributed by atoms with van der Waals surface area (Å²) < 4.78 is 5.16. The summed E-state index contributed by atoms with van der Waals surface area (Å²) in [7, 11) is 0. The lowest BCUT2D eigenvalue weighted by molar-refractivity contribution is -0.154. The van der Waals surface area contributed by atoms with Crippen molar-refractivity contribution < 1.29 is 19.4 Å². The molecule has 1 saturated heterocycles. The molecule has 0 bridgehead atoms. The van der Waals surface area contributed by atoms with E-state index < -0.39 is 12.1 Å². The number of carbonyl (C=O) groups excluding carboxylic acids is 1. The van der Waals surface area contributed by atoms with Crippen molar-refractivity contribution >= 4 is 23.2 Å². The van der Waals surface area contributed by atoms with Gasteiger partial charge in [-0.2, -0.15) is 0 Å². The van der Waals surface area contributed by atoms with Gasteiger partial charge in [0.15, 0.2) is 6.10 Å². The highest BCUT2D eigenvalue weighted by Crippen LogP contribution is 2.23. The Balaban J connectivity index is 1.74. The summed E-state index contributed by atoms with van der Waals surface area (Å²) in [5.41, 5.74) is 1.83. The number of nitrogens with zero attached hydrogens (tertiary/aromatic N) is 2. The third-order valence-electron chi connectivity index (χ3n) is 3.86. The molecular formula is C17H18N2O4S. The molecule has 0 spiro atoms. The number of aromatic nitrogens is 1. The van der Waals surface area contributed by atoms with Crippen LogP contribution in [0.4, 0.5) is 0 Å². The molecule has 3 rings (SSSR count). The summed E-state index contributed by atoms with van der Waals surface area (Å²) >= 11 is 1.38. The first-order chi connectivity index (χ1) is 11.5. The highest BCUT2D eigenvalue weighted by Gasteiger charge is 2.31. The molecule has 1 fully saturated rings. The van der Waals surface area contributed by atoms with Gasteiger partial charge >= 0.3 is 5.97 Å². The number of rotatable bonds is 4. The second-order valence-corrected chi connectivity index (χ2v) is 6.72. The zero-order chi connectivity index (χ0) is 17.1. The van der Waals surface area contributed by atoms with Crippen LogP contribution in [-0.4, -0.2) is 52.7 Å². The molecule has 2 aromatic rings. The number of hydrogen-bond donors (Lipinski definition) is 1. The number of thiazole rings is 1. The highest BCUT2D eigenvalue weighted by atomic mass is 32.1. The van der Waals surface area contributed by atoms with Crippen LogP contribution in [-0.2, 0) is 16.0 Å². The van der Waals surface area contributed by atoms with Crippen LogP contribution >= 0.6 is 11.3 Å². The van der Waals surface area contributed by atoms with E-state index in [0.717, 1.165) is 10.6 Å². The van der Waals surface area contributed by atoms with Crippen molar-refractivity contribution in [2.75, 3.05) is 19.7 Å². The van der Waals surface area contributed by atoms with E-state index in [1.54, 1.807) is 0 Å². The number of hydrogen-bond acceptors (Lipinski definition) is 5. The zero-order valence-corrected chi connectivity index (χ0v) is 14.1. The van der Waals surface area contributed by atoms with Gasteiger partial charge in [0.25, 0.3) is 5.91 Å². The topological polar surface area (TPSA) is 79.7 Å². The molecule has 1 aromatic heterocycles. The molecule has 24 heavy (non-hydrogen) atoms. The lowest BCUT2D eigenvalue weighted by Gasteiger charge is -2.30. The first-order valence-corrected chi connectivity index (χ1v) is 8.50. The van der Waals surface area contributed by atoms with Gasteiger partial charge in [0.2, 0.25) is 0 Å². The fraction of sp³-hybridized carbons (Fsp3) is 0.353. The van der Waals surface area contributed by atoms with Gasteiger partial charge in [0, 0.05) is 13.0 Å². The lowest BCUT2D eigenvalue weighted by atomic mass is 10.2. The minimum absolute atomic E-state index is 0.0690. The molecular weight excluding hydrogens is 328 g/mol. The molecule has 1 N–H and O–H groups in total. The number of ether oxygens (including phenoxy) is 1. The number of aliphatic carboxylic acids is 1. The van der Waals surface area contributed by atoms with Gasteiger partial charge in [-0.3, -0.25) is 4.79 Å². The zero-order valence-electron chi connectivity index (χ0n) is 13.3. The first-order valence-electron chi connectivity index (χ1n) is 7.68. The van der Waals surface area contributed by atoms with E-state index in [9.17, 15) is 9.59 Å². The molecule has 1 atom stereocenters. The molecule has 126 valence electrons. The fourth-order valence-electron chi connectivity index (χ4n) is 2.62. The average Bonchev–Trinajstić information content (AvgIpc) is 2.95. The normalized spacial score (nSPS) is 17.7. The third kappa shape index (κ3) is 3.63. The van der Waals surface area contributed by atoms with Crippen LogP contribution in [0.1, 0.15) is 25.9 Å². The molecule has 0 radical (unpaired) electrons. The Labute approximate surface area is 143 Å². The second-order valence-electron chi connectivity index (χ2n) is 5.63. The predicted octanol–water partition coefficient (Wildman–Crippen LogP) is 1.97. The summed E-state index contributed by atoms with van der Waals surface area (Å²) in [6, 6.07) is 9.96. The maximum absolute atomic E-state index is 12.7. The van der Waals surface area contributed by atoms with Crippen LogP contribution in [0.3, 0.4) is 0 Å². The van der Waals surface area contributed by atoms with Crippen LogP contribution in [0.15, 0.2) is 30.3 Å². The van der Waals surface area contributed by atoms with Crippen LogP contribution in [0, 0.1) is 6.92 Å². The summed E-state index contributed by atoms with van der Waals surface area (Å²) in [4.78, 5) is 30.4. The molecule has 1 unspecified atom stereocenters. The molecule has 1 aliphatic rings. The van der Waals surface area contributed by atoms with Gasteiger partial charge in [-0.25, -0.2) is 9.78 Å². The molecule has 1 aromatic carbocycles. The van der Waals surface area contributed by atoms with Crippen molar-refractivity contribution in [3.05, 3.63) is 51.5 Å². The molecule has 1 aliphatic heterocycles. The average molecular weight is 346 g/mol. The van der Waals surface area contributed by atoms with Gasteiger partial charge in [0.1, 0.15) is 4.88 Å². The quantitative estimate of drug-likeness (QED) is 0.915. The minimum atomic E-state index is -1.04. The van der Waals surface area contributed by atoms with Crippen molar-refractivity contribution in [2.45, 2.75) is 19.4 Å². The number of morpholine rings is 1. The predicted molar refractivity (Wildman–Crippen MR) is 89.4 cm³/mol. The third-order valence-corrected chi connectivity index (χ3v) is 5.01. The highest BCUT2D eigenvalue weighted by molar-refractivity contribution is 7.13. The Morgan fingerprint density at radius 2 is 2.12 bits per heavy atom. The Hall–Kier alpha value is -2.25. The molecule has 6 nitrogen and oxygen atoms in total. The summed E-state index contributed by atoms with van der Waals surface area (Å²) in [5, 5.41) is 9.94. The largest absolute Gasteiger partial charge is 0.479 e. The van der Waals surface area contributed by atoms with Gasteiger partial charge in [0.05, 0.1) is 23.9 Å². The van der Waals surface area contributed by atoms with E-state index in [1.165, 1.54) is 16.2 Å². The van der Waals surface area contributed by atoms with Crippen molar-refractivity contribution in [2.24, 2.45) is 0 Å². The summed E-state index contributed by atoms with van der Waals surface area (Å²) in [5.74, 6) is -1.21. The van der Waals surface area contributed by atoms with Crippen molar-refractivity contribution in [3.63, 3.8) is 0 Å². The van der Waals surface area contributed by atoms with Crippen LogP contribution in [0.2, 0.25) is 0 Å². The van der Waals surface area contributed by atoms with E-state index in [1.807, 2.05) is 37.3 Å². The minimum Gasteiger partial charge on any atom is -0.479 e. The number of carboxylic acid groups (broad SMARTS) is 1. The monoisotopic (exact) mass is 346 g/mol. The smallest absolute Gasteiger partial charge is 0.334 e. The van der Waals surface area contributed by atoms with Crippen LogP contribution in [0.5, 0.6) is 0 Å². The van der Waals surface area contributed by atoms with E-state index in [-0.39, 0.29) is 19.1 Å². The second kappa shape index (κ2) is 7.11. The molecule has 0 saturated carbocycles. The number of carboxylic acids is 1. The van der Waals surface area contributed by atoms with Gasteiger partial charge in [-0.05, 0) is 12.5 Å². The van der Waals surface area contributed by atoms with Crippen LogP contribution < -0.4 is 0 Å².